The second kappa shape index (κ2) is 6.13. The van der Waals surface area contributed by atoms with Gasteiger partial charge in [-0.05, 0) is 17.7 Å². The number of nitrogens with zero attached hydrogens (tertiary/aromatic N) is 3. The summed E-state index contributed by atoms with van der Waals surface area (Å²) in [6.45, 7) is 0. The minimum absolute atomic E-state index is 0.384. The second-order valence-electron chi connectivity index (χ2n) is 4.75. The molecule has 0 atom stereocenters. The zero-order valence-electron chi connectivity index (χ0n) is 12.0. The van der Waals surface area contributed by atoms with Gasteiger partial charge in [0.15, 0.2) is 16.7 Å². The first kappa shape index (κ1) is 13.8. The minimum Gasteiger partial charge on any atom is -0.459 e. The Morgan fingerprint density at radius 3 is 2.83 bits per heavy atom. The zero-order valence-corrected chi connectivity index (χ0v) is 12.8. The molecule has 3 heterocycles. The molecule has 23 heavy (non-hydrogen) atoms. The highest BCUT2D eigenvalue weighted by atomic mass is 32.2. The molecular formula is C16H12N4O2S. The van der Waals surface area contributed by atoms with Crippen molar-refractivity contribution in [2.24, 2.45) is 0 Å². The third-order valence-electron chi connectivity index (χ3n) is 3.18. The molecule has 3 aromatic heterocycles. The molecule has 1 N–H and O–H groups in total. The summed E-state index contributed by atoms with van der Waals surface area (Å²) in [5.74, 6) is 2.11. The normalized spacial score (nSPS) is 11.0. The number of nitrogens with one attached hydrogen (secondary N) is 1. The quantitative estimate of drug-likeness (QED) is 0.559. The van der Waals surface area contributed by atoms with Gasteiger partial charge in [0.25, 0.3) is 5.89 Å². The van der Waals surface area contributed by atoms with Crippen molar-refractivity contribution in [1.82, 2.24) is 20.1 Å². The minimum atomic E-state index is 0.384. The Labute approximate surface area is 135 Å². The number of furan rings is 1. The monoisotopic (exact) mass is 324 g/mol. The molecule has 0 amide bonds. The third-order valence-corrected chi connectivity index (χ3v) is 4.06. The number of hydrogen-bond acceptors (Lipinski definition) is 6. The fourth-order valence-corrected chi connectivity index (χ4v) is 2.78. The van der Waals surface area contributed by atoms with E-state index in [-0.39, 0.29) is 0 Å². The maximum absolute atomic E-state index is 5.23. The van der Waals surface area contributed by atoms with Crippen molar-refractivity contribution in [3.8, 4) is 22.9 Å². The summed E-state index contributed by atoms with van der Waals surface area (Å²) in [6.07, 6.45) is 3.39. The number of rotatable bonds is 5. The van der Waals surface area contributed by atoms with Crippen LogP contribution in [0.15, 0.2) is 69.0 Å². The van der Waals surface area contributed by atoms with Crippen molar-refractivity contribution in [2.75, 3.05) is 0 Å². The molecule has 114 valence electrons. The predicted molar refractivity (Wildman–Crippen MR) is 85.6 cm³/mol. The van der Waals surface area contributed by atoms with E-state index < -0.39 is 0 Å². The Kier molecular flexibility index (Phi) is 3.69. The molecule has 6 nitrogen and oxygen atoms in total. The standard InChI is InChI=1S/C16H12N4O2S/c1-2-5-11(6-3-1)12-9-17-16(18-12)23-10-14-19-15(22-20-14)13-7-4-8-21-13/h1-9H,10H2,(H,17,18). The van der Waals surface area contributed by atoms with Gasteiger partial charge in [0, 0.05) is 0 Å². The SMILES string of the molecule is c1ccc(-c2cnc(SCc3noc(-c4ccco4)n3)[nH]2)cc1. The molecule has 0 radical (unpaired) electrons. The van der Waals surface area contributed by atoms with E-state index in [1.165, 1.54) is 11.8 Å². The van der Waals surface area contributed by atoms with E-state index in [2.05, 4.69) is 20.1 Å². The lowest BCUT2D eigenvalue weighted by molar-refractivity contribution is 0.411. The van der Waals surface area contributed by atoms with E-state index in [0.29, 0.717) is 23.2 Å². The van der Waals surface area contributed by atoms with Crippen molar-refractivity contribution in [3.63, 3.8) is 0 Å². The molecule has 0 fully saturated rings. The maximum atomic E-state index is 5.23. The van der Waals surface area contributed by atoms with E-state index in [1.807, 2.05) is 36.5 Å². The van der Waals surface area contributed by atoms with E-state index in [1.54, 1.807) is 18.4 Å². The summed E-state index contributed by atoms with van der Waals surface area (Å²) in [5.41, 5.74) is 2.09. The van der Waals surface area contributed by atoms with E-state index in [9.17, 15) is 0 Å². The largest absolute Gasteiger partial charge is 0.459 e. The van der Waals surface area contributed by atoms with Gasteiger partial charge >= 0.3 is 0 Å². The van der Waals surface area contributed by atoms with Crippen LogP contribution in [-0.2, 0) is 5.75 Å². The fourth-order valence-electron chi connectivity index (χ4n) is 2.09. The summed E-state index contributed by atoms with van der Waals surface area (Å²) in [4.78, 5) is 11.9. The van der Waals surface area contributed by atoms with Gasteiger partial charge in [-0.1, -0.05) is 47.3 Å². The molecule has 0 unspecified atom stereocenters. The first-order chi connectivity index (χ1) is 11.4. The van der Waals surface area contributed by atoms with Crippen molar-refractivity contribution >= 4 is 11.8 Å². The summed E-state index contributed by atoms with van der Waals surface area (Å²) in [5, 5.41) is 4.76. The summed E-state index contributed by atoms with van der Waals surface area (Å²) in [6, 6.07) is 13.6. The van der Waals surface area contributed by atoms with Crippen molar-refractivity contribution in [2.45, 2.75) is 10.9 Å². The van der Waals surface area contributed by atoms with E-state index >= 15 is 0 Å². The Hall–Kier alpha value is -2.80. The number of imidazole rings is 1. The van der Waals surface area contributed by atoms with Crippen molar-refractivity contribution in [1.29, 1.82) is 0 Å². The van der Waals surface area contributed by atoms with Crippen molar-refractivity contribution < 1.29 is 8.94 Å². The molecule has 0 saturated carbocycles. The number of hydrogen-bond donors (Lipinski definition) is 1. The summed E-state index contributed by atoms with van der Waals surface area (Å²) in [7, 11) is 0. The number of aromatic amines is 1. The third kappa shape index (κ3) is 3.04. The van der Waals surface area contributed by atoms with E-state index in [0.717, 1.165) is 16.4 Å². The summed E-state index contributed by atoms with van der Waals surface area (Å²) < 4.78 is 10.4. The number of H-pyrrole nitrogens is 1. The van der Waals surface area contributed by atoms with Crippen LogP contribution in [0.3, 0.4) is 0 Å². The Morgan fingerprint density at radius 1 is 1.09 bits per heavy atom. The molecule has 4 rings (SSSR count). The predicted octanol–water partition coefficient (Wildman–Crippen LogP) is 4.01. The average molecular weight is 324 g/mol. The Morgan fingerprint density at radius 2 is 2.00 bits per heavy atom. The highest BCUT2D eigenvalue weighted by Crippen LogP contribution is 2.24. The topological polar surface area (TPSA) is 80.7 Å². The highest BCUT2D eigenvalue weighted by Gasteiger charge is 2.12. The number of aromatic nitrogens is 4. The first-order valence-electron chi connectivity index (χ1n) is 6.98. The fraction of sp³-hybridized carbons (Fsp3) is 0.0625. The lowest BCUT2D eigenvalue weighted by Gasteiger charge is -1.95. The summed E-state index contributed by atoms with van der Waals surface area (Å²) >= 11 is 1.52. The number of benzene rings is 1. The second-order valence-corrected chi connectivity index (χ2v) is 5.71. The highest BCUT2D eigenvalue weighted by molar-refractivity contribution is 7.98. The van der Waals surface area contributed by atoms with Crippen LogP contribution in [0.4, 0.5) is 0 Å². The van der Waals surface area contributed by atoms with Crippen LogP contribution in [0.1, 0.15) is 5.82 Å². The van der Waals surface area contributed by atoms with Gasteiger partial charge in [0.1, 0.15) is 0 Å². The lowest BCUT2D eigenvalue weighted by Crippen LogP contribution is -1.85. The van der Waals surface area contributed by atoms with Crippen molar-refractivity contribution in [3.05, 3.63) is 60.7 Å². The molecule has 0 bridgehead atoms. The molecule has 0 saturated heterocycles. The van der Waals surface area contributed by atoms with Crippen LogP contribution in [0.5, 0.6) is 0 Å². The molecule has 0 spiro atoms. The molecule has 7 heteroatoms. The average Bonchev–Trinajstić information content (AvgIpc) is 3.33. The van der Waals surface area contributed by atoms with Gasteiger partial charge in [-0.2, -0.15) is 4.98 Å². The zero-order chi connectivity index (χ0) is 15.5. The molecule has 0 aliphatic heterocycles. The van der Waals surface area contributed by atoms with Gasteiger partial charge in [0.2, 0.25) is 0 Å². The van der Waals surface area contributed by atoms with Crippen LogP contribution in [0.2, 0.25) is 0 Å². The molecule has 0 aliphatic rings. The van der Waals surface area contributed by atoms with Crippen LogP contribution >= 0.6 is 11.8 Å². The number of thioether (sulfide) groups is 1. The van der Waals surface area contributed by atoms with Crippen LogP contribution in [-0.4, -0.2) is 20.1 Å². The first-order valence-corrected chi connectivity index (χ1v) is 7.97. The Bertz CT molecular complexity index is 884. The molecular weight excluding hydrogens is 312 g/mol. The van der Waals surface area contributed by atoms with Gasteiger partial charge in [-0.15, -0.1) is 0 Å². The maximum Gasteiger partial charge on any atom is 0.293 e. The van der Waals surface area contributed by atoms with Gasteiger partial charge in [-0.3, -0.25) is 0 Å². The molecule has 0 aliphatic carbocycles. The van der Waals surface area contributed by atoms with Gasteiger partial charge < -0.3 is 13.9 Å². The van der Waals surface area contributed by atoms with Crippen LogP contribution in [0.25, 0.3) is 22.9 Å². The van der Waals surface area contributed by atoms with Crippen LogP contribution < -0.4 is 0 Å². The molecule has 1 aromatic carbocycles. The lowest BCUT2D eigenvalue weighted by atomic mass is 10.2. The van der Waals surface area contributed by atoms with Gasteiger partial charge in [0.05, 0.1) is 23.9 Å². The smallest absolute Gasteiger partial charge is 0.293 e. The molecule has 4 aromatic rings. The van der Waals surface area contributed by atoms with Crippen LogP contribution in [0, 0.1) is 0 Å². The Balaban J connectivity index is 1.43. The van der Waals surface area contributed by atoms with Gasteiger partial charge in [-0.25, -0.2) is 4.98 Å². The van der Waals surface area contributed by atoms with E-state index in [4.69, 9.17) is 8.94 Å².